The second-order valence-corrected chi connectivity index (χ2v) is 11.6. The molecule has 1 aliphatic rings. The van der Waals surface area contributed by atoms with Crippen LogP contribution >= 0.6 is 19.2 Å². The average Bonchev–Trinajstić information content (AvgIpc) is 3.25. The minimum absolute atomic E-state index is 0.0310. The van der Waals surface area contributed by atoms with E-state index in [1.807, 2.05) is 62.4 Å². The fraction of sp³-hybridized carbons (Fsp3) is 0.385. The van der Waals surface area contributed by atoms with Gasteiger partial charge in [0.2, 0.25) is 0 Å². The lowest BCUT2D eigenvalue weighted by atomic mass is 10.0. The van der Waals surface area contributed by atoms with Crippen molar-refractivity contribution in [2.75, 3.05) is 31.8 Å². The highest BCUT2D eigenvalue weighted by molar-refractivity contribution is 7.53. The molecule has 1 fully saturated rings. The number of para-hydroxylation sites is 1. The minimum atomic E-state index is -3.37. The quantitative estimate of drug-likeness (QED) is 0.273. The van der Waals surface area contributed by atoms with E-state index in [-0.39, 0.29) is 31.6 Å². The molecular weight excluding hydrogens is 513 g/mol. The molecular formula is C26H31ClN5O4P. The van der Waals surface area contributed by atoms with Crippen LogP contribution in [-0.4, -0.2) is 46.7 Å². The van der Waals surface area contributed by atoms with Crippen molar-refractivity contribution in [1.82, 2.24) is 19.9 Å². The highest BCUT2D eigenvalue weighted by atomic mass is 35.5. The number of nitrogens with one attached hydrogen (secondary N) is 1. The Bertz CT molecular complexity index is 1450. The van der Waals surface area contributed by atoms with E-state index in [9.17, 15) is 4.57 Å². The number of pyridine rings is 1. The summed E-state index contributed by atoms with van der Waals surface area (Å²) in [5.74, 6) is 1.19. The molecule has 0 saturated carbocycles. The summed E-state index contributed by atoms with van der Waals surface area (Å²) in [6.07, 6.45) is -0.426. The summed E-state index contributed by atoms with van der Waals surface area (Å²) in [6.45, 7) is 6.40. The molecule has 0 aliphatic carbocycles. The second-order valence-electron chi connectivity index (χ2n) is 9.19. The molecule has 5 rings (SSSR count). The van der Waals surface area contributed by atoms with Gasteiger partial charge in [0.15, 0.2) is 5.82 Å². The monoisotopic (exact) mass is 543 g/mol. The van der Waals surface area contributed by atoms with Crippen LogP contribution in [0.15, 0.2) is 48.5 Å². The number of hydrogen-bond acceptors (Lipinski definition) is 8. The summed E-state index contributed by atoms with van der Waals surface area (Å²) >= 11 is 6.10. The molecule has 11 heteroatoms. The number of halogens is 1. The van der Waals surface area contributed by atoms with E-state index < -0.39 is 7.60 Å². The van der Waals surface area contributed by atoms with Crippen molar-refractivity contribution in [3.63, 3.8) is 0 Å². The van der Waals surface area contributed by atoms with Gasteiger partial charge in [0.25, 0.3) is 0 Å². The SMILES string of the molecule is CCNCc1nc2c(N)nc3ccccc3c2n1CC(C)OCP1(=O)OCC(c2cccc(Cl)c2)CO1. The van der Waals surface area contributed by atoms with Gasteiger partial charge in [-0.1, -0.05) is 48.9 Å². The molecule has 3 heterocycles. The van der Waals surface area contributed by atoms with Crippen LogP contribution in [0.4, 0.5) is 5.82 Å². The fourth-order valence-corrected chi connectivity index (χ4v) is 6.20. The molecule has 0 bridgehead atoms. The van der Waals surface area contributed by atoms with Crippen molar-refractivity contribution >= 4 is 47.0 Å². The van der Waals surface area contributed by atoms with Crippen LogP contribution in [0.5, 0.6) is 0 Å². The first kappa shape index (κ1) is 26.1. The third kappa shape index (κ3) is 5.67. The zero-order valence-electron chi connectivity index (χ0n) is 20.9. The zero-order valence-corrected chi connectivity index (χ0v) is 22.5. The number of anilines is 1. The largest absolute Gasteiger partial charge is 0.382 e. The first-order valence-electron chi connectivity index (χ1n) is 12.4. The highest BCUT2D eigenvalue weighted by Crippen LogP contribution is 2.53. The van der Waals surface area contributed by atoms with E-state index in [1.54, 1.807) is 0 Å². The zero-order chi connectivity index (χ0) is 26.0. The summed E-state index contributed by atoms with van der Waals surface area (Å²) in [5.41, 5.74) is 9.66. The lowest BCUT2D eigenvalue weighted by molar-refractivity contribution is 0.0506. The van der Waals surface area contributed by atoms with Gasteiger partial charge < -0.3 is 29.4 Å². The van der Waals surface area contributed by atoms with Crippen LogP contribution in [0.3, 0.4) is 0 Å². The summed E-state index contributed by atoms with van der Waals surface area (Å²) in [6, 6.07) is 15.4. The van der Waals surface area contributed by atoms with Crippen molar-refractivity contribution in [3.05, 3.63) is 64.9 Å². The summed E-state index contributed by atoms with van der Waals surface area (Å²) in [4.78, 5) is 9.33. The Morgan fingerprint density at radius 2 is 2.00 bits per heavy atom. The summed E-state index contributed by atoms with van der Waals surface area (Å²) in [5, 5.41) is 4.95. The van der Waals surface area contributed by atoms with Crippen molar-refractivity contribution in [3.8, 4) is 0 Å². The number of nitrogens with zero attached hydrogens (tertiary/aromatic N) is 3. The maximum absolute atomic E-state index is 13.2. The molecule has 1 unspecified atom stereocenters. The normalized spacial score (nSPS) is 21.0. The maximum Gasteiger partial charge on any atom is 0.356 e. The number of ether oxygens (including phenoxy) is 1. The minimum Gasteiger partial charge on any atom is -0.382 e. The number of benzene rings is 2. The van der Waals surface area contributed by atoms with Crippen LogP contribution in [0, 0.1) is 0 Å². The molecule has 1 saturated heterocycles. The van der Waals surface area contributed by atoms with Crippen LogP contribution in [0.2, 0.25) is 5.02 Å². The molecule has 37 heavy (non-hydrogen) atoms. The van der Waals surface area contributed by atoms with Gasteiger partial charge in [-0.2, -0.15) is 0 Å². The van der Waals surface area contributed by atoms with Gasteiger partial charge in [0, 0.05) is 16.3 Å². The first-order chi connectivity index (χ1) is 17.9. The second kappa shape index (κ2) is 11.1. The van der Waals surface area contributed by atoms with E-state index in [0.29, 0.717) is 29.4 Å². The standard InChI is InChI=1S/C26H31ClN5O4P/c1-3-29-12-23-31-24-25(21-9-4-5-10-22(21)30-26(24)28)32(23)13-17(2)34-16-37(33)35-14-19(15-36-37)18-7-6-8-20(27)11-18/h4-11,17,19,29H,3,12-16H2,1-2H3,(H2,28,30). The van der Waals surface area contributed by atoms with E-state index >= 15 is 0 Å². The molecule has 9 nitrogen and oxygen atoms in total. The van der Waals surface area contributed by atoms with E-state index in [2.05, 4.69) is 14.9 Å². The Balaban J connectivity index is 1.31. The van der Waals surface area contributed by atoms with Gasteiger partial charge in [0.1, 0.15) is 17.7 Å². The van der Waals surface area contributed by atoms with Crippen molar-refractivity contribution in [2.45, 2.75) is 39.0 Å². The Morgan fingerprint density at radius 1 is 1.22 bits per heavy atom. The molecule has 196 valence electrons. The van der Waals surface area contributed by atoms with Crippen molar-refractivity contribution < 1.29 is 18.3 Å². The molecule has 4 aromatic rings. The number of hydrogen-bond donors (Lipinski definition) is 2. The first-order valence-corrected chi connectivity index (χ1v) is 14.5. The van der Waals surface area contributed by atoms with Gasteiger partial charge in [-0.15, -0.1) is 0 Å². The molecule has 1 atom stereocenters. The van der Waals surface area contributed by atoms with Gasteiger partial charge >= 0.3 is 7.60 Å². The Morgan fingerprint density at radius 3 is 2.76 bits per heavy atom. The molecule has 0 amide bonds. The summed E-state index contributed by atoms with van der Waals surface area (Å²) in [7, 11) is -3.37. The van der Waals surface area contributed by atoms with Crippen molar-refractivity contribution in [2.24, 2.45) is 0 Å². The molecule has 2 aromatic carbocycles. The third-order valence-corrected chi connectivity index (χ3v) is 8.23. The summed E-state index contributed by atoms with van der Waals surface area (Å²) < 4.78 is 32.7. The lowest BCUT2D eigenvalue weighted by Gasteiger charge is -2.30. The van der Waals surface area contributed by atoms with E-state index in [0.717, 1.165) is 34.4 Å². The van der Waals surface area contributed by atoms with Gasteiger partial charge in [-0.05, 0) is 37.2 Å². The average molecular weight is 544 g/mol. The molecule has 0 spiro atoms. The molecule has 3 N–H and O–H groups in total. The van der Waals surface area contributed by atoms with Crippen molar-refractivity contribution in [1.29, 1.82) is 0 Å². The van der Waals surface area contributed by atoms with Gasteiger partial charge in [0.05, 0.1) is 43.4 Å². The number of nitrogen functional groups attached to an aromatic ring is 1. The molecule has 2 aromatic heterocycles. The number of imidazole rings is 1. The smallest absolute Gasteiger partial charge is 0.356 e. The van der Waals surface area contributed by atoms with Crippen LogP contribution < -0.4 is 11.1 Å². The predicted octanol–water partition coefficient (Wildman–Crippen LogP) is 5.32. The predicted molar refractivity (Wildman–Crippen MR) is 146 cm³/mol. The number of rotatable bonds is 9. The van der Waals surface area contributed by atoms with E-state index in [4.69, 9.17) is 36.1 Å². The number of nitrogens with two attached hydrogens (primary N) is 1. The Kier molecular flexibility index (Phi) is 7.81. The maximum atomic E-state index is 13.2. The number of fused-ring (bicyclic) bond motifs is 3. The van der Waals surface area contributed by atoms with E-state index in [1.165, 1.54) is 0 Å². The third-order valence-electron chi connectivity index (χ3n) is 6.44. The molecule has 0 radical (unpaired) electrons. The van der Waals surface area contributed by atoms with Gasteiger partial charge in [-0.25, -0.2) is 9.97 Å². The fourth-order valence-electron chi connectivity index (χ4n) is 4.52. The van der Waals surface area contributed by atoms with Crippen LogP contribution in [0.1, 0.15) is 31.2 Å². The van der Waals surface area contributed by atoms with Gasteiger partial charge in [-0.3, -0.25) is 4.57 Å². The lowest BCUT2D eigenvalue weighted by Crippen LogP contribution is -2.24. The molecule has 1 aliphatic heterocycles. The van der Waals surface area contributed by atoms with Crippen LogP contribution in [0.25, 0.3) is 21.9 Å². The number of aromatic nitrogens is 3. The van der Waals surface area contributed by atoms with Crippen LogP contribution in [-0.2, 0) is 31.4 Å². The highest BCUT2D eigenvalue weighted by Gasteiger charge is 2.34. The Hall–Kier alpha value is -2.52. The topological polar surface area (TPSA) is 114 Å². The Labute approximate surface area is 220 Å².